The zero-order chi connectivity index (χ0) is 20.4. The van der Waals surface area contributed by atoms with Crippen molar-refractivity contribution >= 4 is 11.6 Å². The Morgan fingerprint density at radius 3 is 2.59 bits per heavy atom. The summed E-state index contributed by atoms with van der Waals surface area (Å²) in [6, 6.07) is 11.6. The zero-order valence-electron chi connectivity index (χ0n) is 17.0. The van der Waals surface area contributed by atoms with Gasteiger partial charge in [0.2, 0.25) is 5.88 Å². The Labute approximate surface area is 170 Å². The molecule has 150 valence electrons. The van der Waals surface area contributed by atoms with Crippen molar-refractivity contribution in [1.82, 2.24) is 19.4 Å². The van der Waals surface area contributed by atoms with Crippen LogP contribution in [0.3, 0.4) is 0 Å². The molecule has 4 rings (SSSR count). The van der Waals surface area contributed by atoms with Crippen molar-refractivity contribution in [2.45, 2.75) is 13.0 Å². The number of carbonyl (C=O) groups excluding carboxylic acids is 1. The number of hydrogen-bond donors (Lipinski definition) is 0. The first kappa shape index (κ1) is 19.0. The van der Waals surface area contributed by atoms with E-state index in [1.165, 1.54) is 0 Å². The molecule has 0 atom stereocenters. The van der Waals surface area contributed by atoms with Gasteiger partial charge in [0, 0.05) is 69.2 Å². The lowest BCUT2D eigenvalue weighted by atomic mass is 10.1. The summed E-state index contributed by atoms with van der Waals surface area (Å²) in [5.74, 6) is 1.63. The molecule has 3 heterocycles. The summed E-state index contributed by atoms with van der Waals surface area (Å²) in [6.45, 7) is 2.01. The minimum Gasteiger partial charge on any atom is -0.481 e. The first-order valence-electron chi connectivity index (χ1n) is 9.68. The van der Waals surface area contributed by atoms with Gasteiger partial charge in [-0.15, -0.1) is 0 Å². The van der Waals surface area contributed by atoms with Crippen molar-refractivity contribution in [3.8, 4) is 17.1 Å². The van der Waals surface area contributed by atoms with Gasteiger partial charge in [-0.1, -0.05) is 0 Å². The van der Waals surface area contributed by atoms with E-state index in [1.54, 1.807) is 13.3 Å². The summed E-state index contributed by atoms with van der Waals surface area (Å²) in [5.41, 5.74) is 3.82. The van der Waals surface area contributed by atoms with Crippen LogP contribution in [0.2, 0.25) is 0 Å². The molecule has 0 aliphatic carbocycles. The number of nitrogens with zero attached hydrogens (tertiary/aromatic N) is 5. The maximum absolute atomic E-state index is 13.0. The quantitative estimate of drug-likeness (QED) is 0.684. The van der Waals surface area contributed by atoms with Gasteiger partial charge in [-0.05, 0) is 30.3 Å². The van der Waals surface area contributed by atoms with Crippen LogP contribution in [0.25, 0.3) is 11.3 Å². The summed E-state index contributed by atoms with van der Waals surface area (Å²) in [6.07, 6.45) is 4.35. The summed E-state index contributed by atoms with van der Waals surface area (Å²) >= 11 is 0. The van der Waals surface area contributed by atoms with Crippen LogP contribution in [0, 0.1) is 0 Å². The van der Waals surface area contributed by atoms with E-state index in [1.807, 2.05) is 66.5 Å². The fourth-order valence-electron chi connectivity index (χ4n) is 3.63. The number of hydrogen-bond acceptors (Lipinski definition) is 5. The maximum atomic E-state index is 13.0. The summed E-state index contributed by atoms with van der Waals surface area (Å²) in [4.78, 5) is 25.7. The Morgan fingerprint density at radius 2 is 1.86 bits per heavy atom. The highest BCUT2D eigenvalue weighted by Gasteiger charge is 2.22. The number of ether oxygens (including phenoxy) is 1. The molecule has 3 aromatic rings. The fourth-order valence-corrected chi connectivity index (χ4v) is 3.63. The third kappa shape index (κ3) is 3.81. The molecule has 0 saturated heterocycles. The van der Waals surface area contributed by atoms with Gasteiger partial charge >= 0.3 is 0 Å². The molecule has 1 amide bonds. The number of pyridine rings is 1. The van der Waals surface area contributed by atoms with Gasteiger partial charge in [0.15, 0.2) is 0 Å². The van der Waals surface area contributed by atoms with Crippen molar-refractivity contribution in [3.63, 3.8) is 0 Å². The van der Waals surface area contributed by atoms with Gasteiger partial charge in [0.25, 0.3) is 5.91 Å². The van der Waals surface area contributed by atoms with E-state index < -0.39 is 0 Å². The molecule has 0 bridgehead atoms. The molecule has 1 aliphatic rings. The Morgan fingerprint density at radius 1 is 1.07 bits per heavy atom. The van der Waals surface area contributed by atoms with Gasteiger partial charge in [-0.25, -0.2) is 9.97 Å². The highest BCUT2D eigenvalue weighted by Crippen LogP contribution is 2.25. The highest BCUT2D eigenvalue weighted by molar-refractivity contribution is 5.94. The van der Waals surface area contributed by atoms with Crippen LogP contribution in [-0.4, -0.2) is 59.6 Å². The minimum absolute atomic E-state index is 0.0631. The van der Waals surface area contributed by atoms with Gasteiger partial charge in [0.05, 0.1) is 19.0 Å². The largest absolute Gasteiger partial charge is 0.481 e. The predicted molar refractivity (Wildman–Crippen MR) is 112 cm³/mol. The number of amides is 1. The molecular formula is C22H25N5O2. The lowest BCUT2D eigenvalue weighted by molar-refractivity contribution is 0.0759. The molecule has 7 heteroatoms. The Bertz CT molecular complexity index is 1010. The number of fused-ring (bicyclic) bond motifs is 1. The first-order valence-corrected chi connectivity index (χ1v) is 9.68. The number of imidazole rings is 1. The SMILES string of the molecule is COc1cc(-c2cnc3n2CCN(C(=O)c2ccc(N(C)C)cc2)CC3)ccn1. The number of methoxy groups -OCH3 is 1. The molecule has 0 N–H and O–H groups in total. The van der Waals surface area contributed by atoms with Crippen LogP contribution < -0.4 is 9.64 Å². The van der Waals surface area contributed by atoms with Crippen LogP contribution in [0.5, 0.6) is 5.88 Å². The predicted octanol–water partition coefficient (Wildman–Crippen LogP) is 2.72. The molecule has 0 radical (unpaired) electrons. The van der Waals surface area contributed by atoms with Crippen molar-refractivity contribution < 1.29 is 9.53 Å². The molecule has 1 aromatic carbocycles. The summed E-state index contributed by atoms with van der Waals surface area (Å²) < 4.78 is 7.44. The van der Waals surface area contributed by atoms with Crippen molar-refractivity contribution in [1.29, 1.82) is 0 Å². The second kappa shape index (κ2) is 7.95. The molecule has 0 unspecified atom stereocenters. The standard InChI is InChI=1S/C22H25N5O2/c1-25(2)18-6-4-16(5-7-18)22(28)26-11-9-20-24-15-19(27(20)13-12-26)17-8-10-23-21(14-17)29-3/h4-8,10,14-15H,9,11-13H2,1-3H3. The smallest absolute Gasteiger partial charge is 0.253 e. The molecule has 29 heavy (non-hydrogen) atoms. The third-order valence-electron chi connectivity index (χ3n) is 5.29. The van der Waals surface area contributed by atoms with Gasteiger partial charge < -0.3 is 19.1 Å². The summed E-state index contributed by atoms with van der Waals surface area (Å²) in [7, 11) is 5.59. The molecule has 2 aromatic heterocycles. The summed E-state index contributed by atoms with van der Waals surface area (Å²) in [5, 5.41) is 0. The minimum atomic E-state index is 0.0631. The van der Waals surface area contributed by atoms with E-state index in [9.17, 15) is 4.79 Å². The molecule has 0 fully saturated rings. The third-order valence-corrected chi connectivity index (χ3v) is 5.29. The molecule has 0 saturated carbocycles. The van der Waals surface area contributed by atoms with E-state index in [4.69, 9.17) is 4.74 Å². The lowest BCUT2D eigenvalue weighted by Gasteiger charge is -2.21. The van der Waals surface area contributed by atoms with Crippen molar-refractivity contribution in [2.75, 3.05) is 39.2 Å². The second-order valence-corrected chi connectivity index (χ2v) is 7.28. The normalized spacial score (nSPS) is 13.6. The molecular weight excluding hydrogens is 366 g/mol. The molecule has 7 nitrogen and oxygen atoms in total. The van der Waals surface area contributed by atoms with E-state index >= 15 is 0 Å². The Kier molecular flexibility index (Phi) is 5.20. The number of aromatic nitrogens is 3. The molecule has 0 spiro atoms. The van der Waals surface area contributed by atoms with Crippen molar-refractivity contribution in [2.24, 2.45) is 0 Å². The second-order valence-electron chi connectivity index (χ2n) is 7.28. The number of carbonyl (C=O) groups is 1. The fraction of sp³-hybridized carbons (Fsp3) is 0.318. The van der Waals surface area contributed by atoms with Gasteiger partial charge in [-0.2, -0.15) is 0 Å². The van der Waals surface area contributed by atoms with Gasteiger partial charge in [-0.3, -0.25) is 4.79 Å². The van der Waals surface area contributed by atoms with Crippen LogP contribution in [0.15, 0.2) is 48.8 Å². The number of benzene rings is 1. The van der Waals surface area contributed by atoms with Gasteiger partial charge in [0.1, 0.15) is 5.82 Å². The number of rotatable bonds is 4. The highest BCUT2D eigenvalue weighted by atomic mass is 16.5. The lowest BCUT2D eigenvalue weighted by Crippen LogP contribution is -2.33. The average molecular weight is 391 g/mol. The monoisotopic (exact) mass is 391 g/mol. The first-order chi connectivity index (χ1) is 14.1. The van der Waals surface area contributed by atoms with Crippen LogP contribution in [0.4, 0.5) is 5.69 Å². The van der Waals surface area contributed by atoms with Crippen molar-refractivity contribution in [3.05, 3.63) is 60.2 Å². The van der Waals surface area contributed by atoms with E-state index in [2.05, 4.69) is 14.5 Å². The Balaban J connectivity index is 1.52. The van der Waals surface area contributed by atoms with Crippen LogP contribution in [-0.2, 0) is 13.0 Å². The zero-order valence-corrected chi connectivity index (χ0v) is 17.0. The van der Waals surface area contributed by atoms with E-state index in [0.29, 0.717) is 31.1 Å². The van der Waals surface area contributed by atoms with Crippen LogP contribution >= 0.6 is 0 Å². The maximum Gasteiger partial charge on any atom is 0.253 e. The van der Waals surface area contributed by atoms with E-state index in [-0.39, 0.29) is 5.91 Å². The average Bonchev–Trinajstić information content (AvgIpc) is 3.04. The topological polar surface area (TPSA) is 63.5 Å². The Hall–Kier alpha value is -3.35. The van der Waals surface area contributed by atoms with Crippen LogP contribution in [0.1, 0.15) is 16.2 Å². The number of anilines is 1. The van der Waals surface area contributed by atoms with E-state index in [0.717, 1.165) is 29.2 Å². The molecule has 1 aliphatic heterocycles.